The Morgan fingerprint density at radius 3 is 2.15 bits per heavy atom. The number of halogens is 2. The highest BCUT2D eigenvalue weighted by molar-refractivity contribution is 7.98. The Morgan fingerprint density at radius 1 is 0.897 bits per heavy atom. The summed E-state index contributed by atoms with van der Waals surface area (Å²) in [4.78, 5) is 15.5. The molecule has 0 saturated carbocycles. The number of sulfonamides is 2. The number of rotatable bonds is 8. The van der Waals surface area contributed by atoms with Crippen LogP contribution in [0.1, 0.15) is 30.1 Å². The van der Waals surface area contributed by atoms with Crippen LogP contribution in [-0.2, 0) is 20.0 Å². The minimum Gasteiger partial charge on any atom is -0.339 e. The summed E-state index contributed by atoms with van der Waals surface area (Å²) in [7, 11) is -8.09. The standard InChI is InChI=1S/C26H27Cl2N3O5S3/c1-17-12-14-31(15-13-17)26(32)21-16-20(10-11-24(21)37-2)39(35,36)29-18-6-8-19(9-7-18)38(33,34)30-23-5-3-4-22(27)25(23)28/h3-11,16-17,29-30H,12-15H2,1-2H3. The molecule has 0 unspecified atom stereocenters. The second-order valence-corrected chi connectivity index (χ2v) is 14.2. The Labute approximate surface area is 243 Å². The number of carbonyl (C=O) groups excluding carboxylic acids is 1. The van der Waals surface area contributed by atoms with Crippen molar-refractivity contribution >= 4 is 72.3 Å². The highest BCUT2D eigenvalue weighted by Crippen LogP contribution is 2.32. The summed E-state index contributed by atoms with van der Waals surface area (Å²) in [6.07, 6.45) is 3.65. The number of thioether (sulfide) groups is 1. The predicted octanol–water partition coefficient (Wildman–Crippen LogP) is 6.19. The Kier molecular flexibility index (Phi) is 9.07. The zero-order valence-corrected chi connectivity index (χ0v) is 25.1. The molecular weight excluding hydrogens is 601 g/mol. The van der Waals surface area contributed by atoms with Crippen LogP contribution < -0.4 is 9.44 Å². The van der Waals surface area contributed by atoms with E-state index in [1.165, 1.54) is 60.3 Å². The van der Waals surface area contributed by atoms with Gasteiger partial charge in [-0.05, 0) is 79.6 Å². The lowest BCUT2D eigenvalue weighted by molar-refractivity contribution is 0.0693. The first kappa shape index (κ1) is 29.5. The summed E-state index contributed by atoms with van der Waals surface area (Å²) in [6, 6.07) is 14.2. The topological polar surface area (TPSA) is 113 Å². The van der Waals surface area contributed by atoms with E-state index < -0.39 is 20.0 Å². The zero-order chi connectivity index (χ0) is 28.4. The van der Waals surface area contributed by atoms with Gasteiger partial charge >= 0.3 is 0 Å². The fourth-order valence-corrected chi connectivity index (χ4v) is 7.24. The van der Waals surface area contributed by atoms with Crippen LogP contribution in [0.3, 0.4) is 0 Å². The van der Waals surface area contributed by atoms with Gasteiger partial charge in [0.1, 0.15) is 0 Å². The molecule has 1 heterocycles. The van der Waals surface area contributed by atoms with E-state index in [0.29, 0.717) is 29.5 Å². The number of piperidine rings is 1. The van der Waals surface area contributed by atoms with E-state index in [-0.39, 0.29) is 37.1 Å². The van der Waals surface area contributed by atoms with Crippen LogP contribution in [-0.4, -0.2) is 47.0 Å². The maximum atomic E-state index is 13.2. The van der Waals surface area contributed by atoms with Crippen LogP contribution in [0.4, 0.5) is 11.4 Å². The van der Waals surface area contributed by atoms with Crippen LogP contribution in [0.2, 0.25) is 10.0 Å². The maximum Gasteiger partial charge on any atom is 0.261 e. The third kappa shape index (κ3) is 6.83. The summed E-state index contributed by atoms with van der Waals surface area (Å²) >= 11 is 13.4. The van der Waals surface area contributed by atoms with Gasteiger partial charge in [0.15, 0.2) is 0 Å². The van der Waals surface area contributed by atoms with E-state index in [1.54, 1.807) is 17.0 Å². The van der Waals surface area contributed by atoms with Gasteiger partial charge in [-0.1, -0.05) is 36.2 Å². The number of nitrogens with zero attached hydrogens (tertiary/aromatic N) is 1. The summed E-state index contributed by atoms with van der Waals surface area (Å²) in [5.74, 6) is 0.363. The minimum absolute atomic E-state index is 0.0623. The zero-order valence-electron chi connectivity index (χ0n) is 21.1. The SMILES string of the molecule is CSc1ccc(S(=O)(=O)Nc2ccc(S(=O)(=O)Nc3cccc(Cl)c3Cl)cc2)cc1C(=O)N1CCC(C)CC1. The molecule has 208 valence electrons. The third-order valence-electron chi connectivity index (χ3n) is 6.40. The van der Waals surface area contributed by atoms with Crippen molar-refractivity contribution in [2.45, 2.75) is 34.5 Å². The lowest BCUT2D eigenvalue weighted by atomic mass is 9.98. The van der Waals surface area contributed by atoms with E-state index in [4.69, 9.17) is 23.2 Å². The van der Waals surface area contributed by atoms with Crippen molar-refractivity contribution in [1.29, 1.82) is 0 Å². The largest absolute Gasteiger partial charge is 0.339 e. The number of carbonyl (C=O) groups is 1. The molecule has 0 atom stereocenters. The Balaban J connectivity index is 1.53. The molecule has 3 aromatic carbocycles. The van der Waals surface area contributed by atoms with Crippen molar-refractivity contribution in [2.24, 2.45) is 5.92 Å². The molecule has 8 nitrogen and oxygen atoms in total. The molecule has 13 heteroatoms. The van der Waals surface area contributed by atoms with Crippen LogP contribution in [0.15, 0.2) is 75.4 Å². The molecule has 1 saturated heterocycles. The summed E-state index contributed by atoms with van der Waals surface area (Å²) in [5, 5.41) is 0.259. The molecule has 1 fully saturated rings. The van der Waals surface area contributed by atoms with Crippen LogP contribution in [0, 0.1) is 5.92 Å². The van der Waals surface area contributed by atoms with Gasteiger partial charge < -0.3 is 4.90 Å². The monoisotopic (exact) mass is 627 g/mol. The molecule has 3 aromatic rings. The Hall–Kier alpha value is -2.44. The van der Waals surface area contributed by atoms with Gasteiger partial charge in [-0.3, -0.25) is 14.2 Å². The molecule has 0 bridgehead atoms. The second kappa shape index (κ2) is 12.0. The van der Waals surface area contributed by atoms with E-state index >= 15 is 0 Å². The lowest BCUT2D eigenvalue weighted by Crippen LogP contribution is -2.38. The molecule has 0 spiro atoms. The van der Waals surface area contributed by atoms with Gasteiger partial charge in [0.05, 0.1) is 31.1 Å². The smallest absolute Gasteiger partial charge is 0.261 e. The highest BCUT2D eigenvalue weighted by atomic mass is 35.5. The molecular formula is C26H27Cl2N3O5S3. The molecule has 0 aromatic heterocycles. The van der Waals surface area contributed by atoms with E-state index in [0.717, 1.165) is 12.8 Å². The van der Waals surface area contributed by atoms with Gasteiger partial charge in [0.25, 0.3) is 26.0 Å². The molecule has 2 N–H and O–H groups in total. The molecule has 0 aliphatic carbocycles. The molecule has 4 rings (SSSR count). The molecule has 1 amide bonds. The van der Waals surface area contributed by atoms with Gasteiger partial charge in [-0.25, -0.2) is 16.8 Å². The first-order chi connectivity index (χ1) is 18.4. The third-order valence-corrected chi connectivity index (χ3v) is 10.8. The van der Waals surface area contributed by atoms with E-state index in [9.17, 15) is 21.6 Å². The fraction of sp³-hybridized carbons (Fsp3) is 0.269. The first-order valence-electron chi connectivity index (χ1n) is 12.0. The average Bonchev–Trinajstić information content (AvgIpc) is 2.91. The quantitative estimate of drug-likeness (QED) is 0.288. The van der Waals surface area contributed by atoms with Crippen molar-refractivity contribution in [3.05, 3.63) is 76.3 Å². The van der Waals surface area contributed by atoms with Crippen molar-refractivity contribution < 1.29 is 21.6 Å². The van der Waals surface area contributed by atoms with E-state index in [1.807, 2.05) is 6.26 Å². The van der Waals surface area contributed by atoms with Crippen molar-refractivity contribution in [3.8, 4) is 0 Å². The fourth-order valence-electron chi connectivity index (χ4n) is 4.11. The van der Waals surface area contributed by atoms with Crippen LogP contribution in [0.25, 0.3) is 0 Å². The van der Waals surface area contributed by atoms with Gasteiger partial charge in [0.2, 0.25) is 0 Å². The van der Waals surface area contributed by atoms with Gasteiger partial charge in [-0.2, -0.15) is 0 Å². The van der Waals surface area contributed by atoms with Crippen molar-refractivity contribution in [1.82, 2.24) is 4.90 Å². The molecule has 39 heavy (non-hydrogen) atoms. The second-order valence-electron chi connectivity index (χ2n) is 9.17. The van der Waals surface area contributed by atoms with Crippen LogP contribution in [0.5, 0.6) is 0 Å². The van der Waals surface area contributed by atoms with Crippen molar-refractivity contribution in [2.75, 3.05) is 28.8 Å². The van der Waals surface area contributed by atoms with Crippen molar-refractivity contribution in [3.63, 3.8) is 0 Å². The number of hydrogen-bond acceptors (Lipinski definition) is 6. The molecule has 0 radical (unpaired) electrons. The summed E-state index contributed by atoms with van der Waals surface area (Å²) in [6.45, 7) is 3.43. The molecule has 1 aliphatic rings. The summed E-state index contributed by atoms with van der Waals surface area (Å²) < 4.78 is 56.8. The summed E-state index contributed by atoms with van der Waals surface area (Å²) in [5.41, 5.74) is 0.612. The average molecular weight is 629 g/mol. The number of nitrogens with one attached hydrogen (secondary N) is 2. The number of likely N-dealkylation sites (tertiary alicyclic amines) is 1. The van der Waals surface area contributed by atoms with Gasteiger partial charge in [-0.15, -0.1) is 11.8 Å². The predicted molar refractivity (Wildman–Crippen MR) is 157 cm³/mol. The van der Waals surface area contributed by atoms with Crippen LogP contribution >= 0.6 is 35.0 Å². The number of hydrogen-bond donors (Lipinski definition) is 2. The normalized spacial score (nSPS) is 14.7. The lowest BCUT2D eigenvalue weighted by Gasteiger charge is -2.30. The number of benzene rings is 3. The Bertz CT molecular complexity index is 1590. The number of amides is 1. The number of anilines is 2. The Morgan fingerprint density at radius 2 is 1.51 bits per heavy atom. The highest BCUT2D eigenvalue weighted by Gasteiger charge is 2.26. The maximum absolute atomic E-state index is 13.2. The van der Waals surface area contributed by atoms with Gasteiger partial charge in [0, 0.05) is 23.7 Å². The minimum atomic E-state index is -4.07. The molecule has 1 aliphatic heterocycles. The van der Waals surface area contributed by atoms with E-state index in [2.05, 4.69) is 16.4 Å². The first-order valence-corrected chi connectivity index (χ1v) is 16.9.